The fraction of sp³-hybridized carbons (Fsp3) is 0.571. The van der Waals surface area contributed by atoms with Gasteiger partial charge in [0, 0.05) is 19.1 Å². The van der Waals surface area contributed by atoms with Crippen LogP contribution in [0.2, 0.25) is 0 Å². The first-order chi connectivity index (χ1) is 5.38. The predicted molar refractivity (Wildman–Crippen MR) is 44.8 cm³/mol. The Morgan fingerprint density at radius 2 is 2.36 bits per heavy atom. The third-order valence-electron chi connectivity index (χ3n) is 1.43. The molecule has 0 spiro atoms. The van der Waals surface area contributed by atoms with Gasteiger partial charge >= 0.3 is 7.48 Å². The summed E-state index contributed by atoms with van der Waals surface area (Å²) in [6.45, 7) is 0.810. The van der Waals surface area contributed by atoms with Crippen molar-refractivity contribution in [1.29, 1.82) is 0 Å². The number of dihydropyridines is 1. The monoisotopic (exact) mass is 152 g/mol. The maximum Gasteiger partial charge on any atom is 0.334 e. The van der Waals surface area contributed by atoms with Crippen molar-refractivity contribution >= 4 is 13.4 Å². The van der Waals surface area contributed by atoms with Crippen molar-refractivity contribution in [3.05, 3.63) is 11.5 Å². The van der Waals surface area contributed by atoms with Crippen molar-refractivity contribution < 1.29 is 9.39 Å². The van der Waals surface area contributed by atoms with Crippen LogP contribution in [-0.4, -0.2) is 34.1 Å². The average molecular weight is 152 g/mol. The van der Waals surface area contributed by atoms with E-state index in [1.165, 1.54) is 0 Å². The van der Waals surface area contributed by atoms with Gasteiger partial charge < -0.3 is 9.39 Å². The lowest BCUT2D eigenvalue weighted by Crippen LogP contribution is -2.16. The Labute approximate surface area is 67.4 Å². The second-order valence-electron chi connectivity index (χ2n) is 2.19. The minimum atomic E-state index is 0.665. The van der Waals surface area contributed by atoms with E-state index in [2.05, 4.69) is 11.1 Å². The second kappa shape index (κ2) is 4.18. The van der Waals surface area contributed by atoms with Crippen molar-refractivity contribution in [2.75, 3.05) is 20.8 Å². The van der Waals surface area contributed by atoms with E-state index >= 15 is 0 Å². The van der Waals surface area contributed by atoms with Gasteiger partial charge in [-0.3, -0.25) is 4.99 Å². The summed E-state index contributed by atoms with van der Waals surface area (Å²) in [7, 11) is 4.87. The van der Waals surface area contributed by atoms with E-state index in [0.717, 1.165) is 18.4 Å². The second-order valence-corrected chi connectivity index (χ2v) is 2.19. The molecule has 1 radical (unpaired) electrons. The molecule has 0 N–H and O–H groups in total. The zero-order chi connectivity index (χ0) is 8.10. The molecule has 4 heteroatoms. The summed E-state index contributed by atoms with van der Waals surface area (Å²) in [6, 6.07) is 0. The van der Waals surface area contributed by atoms with Gasteiger partial charge in [-0.05, 0) is 6.42 Å². The molecule has 0 saturated heterocycles. The molecule has 3 nitrogen and oxygen atoms in total. The number of ether oxygens (including phenoxy) is 1. The summed E-state index contributed by atoms with van der Waals surface area (Å²) in [5, 5.41) is 0. The quantitative estimate of drug-likeness (QED) is 0.542. The number of hydrogen-bond acceptors (Lipinski definition) is 3. The van der Waals surface area contributed by atoms with Gasteiger partial charge in [0.2, 0.25) is 5.90 Å². The van der Waals surface area contributed by atoms with Crippen LogP contribution in [0.15, 0.2) is 16.5 Å². The molecule has 1 rings (SSSR count). The molecule has 0 aliphatic carbocycles. The van der Waals surface area contributed by atoms with E-state index in [0.29, 0.717) is 5.90 Å². The van der Waals surface area contributed by atoms with E-state index in [-0.39, 0.29) is 0 Å². The van der Waals surface area contributed by atoms with Gasteiger partial charge in [-0.2, -0.15) is 0 Å². The van der Waals surface area contributed by atoms with Crippen LogP contribution >= 0.6 is 0 Å². The standard InChI is InChI=1S/C7H11BNO2/c1-10-7-6(8-11-2)4-3-5-9-7/h4H,3,5H2,1-2H3. The van der Waals surface area contributed by atoms with Crippen molar-refractivity contribution in [2.24, 2.45) is 4.99 Å². The molecular formula is C7H11BNO2. The minimum absolute atomic E-state index is 0.665. The van der Waals surface area contributed by atoms with E-state index in [4.69, 9.17) is 9.39 Å². The van der Waals surface area contributed by atoms with Crippen LogP contribution in [0.1, 0.15) is 6.42 Å². The fourth-order valence-electron chi connectivity index (χ4n) is 0.973. The number of nitrogens with zero attached hydrogens (tertiary/aromatic N) is 1. The molecule has 0 aromatic heterocycles. The van der Waals surface area contributed by atoms with Gasteiger partial charge in [-0.25, -0.2) is 0 Å². The largest absolute Gasteiger partial charge is 0.482 e. The number of aliphatic imine (C=N–C) groups is 1. The summed E-state index contributed by atoms with van der Waals surface area (Å²) >= 11 is 0. The van der Waals surface area contributed by atoms with Crippen LogP contribution in [0.25, 0.3) is 0 Å². The van der Waals surface area contributed by atoms with Crippen LogP contribution in [-0.2, 0) is 9.39 Å². The summed E-state index contributed by atoms with van der Waals surface area (Å²) in [5.41, 5.74) is 0.932. The third kappa shape index (κ3) is 2.08. The number of rotatable bonds is 2. The Kier molecular flexibility index (Phi) is 3.17. The summed E-state index contributed by atoms with van der Waals surface area (Å²) in [4.78, 5) is 4.16. The Balaban J connectivity index is 2.59. The zero-order valence-corrected chi connectivity index (χ0v) is 6.83. The smallest absolute Gasteiger partial charge is 0.334 e. The van der Waals surface area contributed by atoms with Crippen molar-refractivity contribution in [2.45, 2.75) is 6.42 Å². The summed E-state index contributed by atoms with van der Waals surface area (Å²) in [6.07, 6.45) is 3.01. The minimum Gasteiger partial charge on any atom is -0.482 e. The number of hydrogen-bond donors (Lipinski definition) is 0. The van der Waals surface area contributed by atoms with Crippen LogP contribution < -0.4 is 0 Å². The van der Waals surface area contributed by atoms with E-state index in [1.807, 2.05) is 0 Å². The molecule has 59 valence electrons. The summed E-state index contributed by atoms with van der Waals surface area (Å²) in [5.74, 6) is 0.665. The molecule has 1 aliphatic heterocycles. The van der Waals surface area contributed by atoms with Gasteiger partial charge in [0.25, 0.3) is 0 Å². The Bertz CT molecular complexity index is 189. The van der Waals surface area contributed by atoms with E-state index < -0.39 is 0 Å². The van der Waals surface area contributed by atoms with Crippen LogP contribution in [0.5, 0.6) is 0 Å². The average Bonchev–Trinajstić information content (AvgIpc) is 2.06. The molecule has 0 aromatic rings. The van der Waals surface area contributed by atoms with Crippen molar-refractivity contribution in [1.82, 2.24) is 0 Å². The highest BCUT2D eigenvalue weighted by molar-refractivity contribution is 6.48. The highest BCUT2D eigenvalue weighted by atomic mass is 16.5. The Morgan fingerprint density at radius 1 is 1.55 bits per heavy atom. The first-order valence-electron chi connectivity index (χ1n) is 3.53. The van der Waals surface area contributed by atoms with Gasteiger partial charge in [0.05, 0.1) is 7.11 Å². The molecule has 0 saturated carbocycles. The maximum absolute atomic E-state index is 5.03. The molecule has 1 heterocycles. The van der Waals surface area contributed by atoms with Gasteiger partial charge in [-0.1, -0.05) is 6.08 Å². The predicted octanol–water partition coefficient (Wildman–Crippen LogP) is 0.584. The van der Waals surface area contributed by atoms with Crippen LogP contribution in [0.4, 0.5) is 0 Å². The van der Waals surface area contributed by atoms with Crippen LogP contribution in [0.3, 0.4) is 0 Å². The van der Waals surface area contributed by atoms with Gasteiger partial charge in [0.1, 0.15) is 0 Å². The molecule has 0 fully saturated rings. The molecule has 0 unspecified atom stereocenters. The van der Waals surface area contributed by atoms with Crippen molar-refractivity contribution in [3.63, 3.8) is 0 Å². The molecule has 0 amide bonds. The van der Waals surface area contributed by atoms with Crippen molar-refractivity contribution in [3.8, 4) is 0 Å². The molecule has 0 bridgehead atoms. The molecular weight excluding hydrogens is 141 g/mol. The first kappa shape index (κ1) is 8.33. The highest BCUT2D eigenvalue weighted by Gasteiger charge is 2.11. The fourth-order valence-corrected chi connectivity index (χ4v) is 0.973. The van der Waals surface area contributed by atoms with Gasteiger partial charge in [0.15, 0.2) is 0 Å². The topological polar surface area (TPSA) is 30.8 Å². The van der Waals surface area contributed by atoms with Crippen LogP contribution in [0, 0.1) is 0 Å². The third-order valence-corrected chi connectivity index (χ3v) is 1.43. The van der Waals surface area contributed by atoms with E-state index in [9.17, 15) is 0 Å². The zero-order valence-electron chi connectivity index (χ0n) is 6.83. The Hall–Kier alpha value is -0.765. The SMILES string of the molecule is CO[B]C1=CCCN=C1OC. The lowest BCUT2D eigenvalue weighted by atomic mass is 9.85. The number of methoxy groups -OCH3 is 1. The summed E-state index contributed by atoms with van der Waals surface area (Å²) < 4.78 is 9.89. The highest BCUT2D eigenvalue weighted by Crippen LogP contribution is 2.06. The first-order valence-corrected chi connectivity index (χ1v) is 3.53. The lowest BCUT2D eigenvalue weighted by molar-refractivity contribution is 0.398. The van der Waals surface area contributed by atoms with E-state index in [1.54, 1.807) is 21.7 Å². The molecule has 0 atom stereocenters. The van der Waals surface area contributed by atoms with Gasteiger partial charge in [-0.15, -0.1) is 0 Å². The molecule has 0 aromatic carbocycles. The molecule has 1 aliphatic rings. The maximum atomic E-state index is 5.03. The molecule has 11 heavy (non-hydrogen) atoms. The normalized spacial score (nSPS) is 16.9. The Morgan fingerprint density at radius 3 is 3.00 bits per heavy atom. The lowest BCUT2D eigenvalue weighted by Gasteiger charge is -2.11.